The number of rotatable bonds is 6. The van der Waals surface area contributed by atoms with Crippen LogP contribution in [-0.2, 0) is 9.53 Å². The summed E-state index contributed by atoms with van der Waals surface area (Å²) < 4.78 is 10.9. The summed E-state index contributed by atoms with van der Waals surface area (Å²) in [5.41, 5.74) is 2.63. The molecule has 192 valence electrons. The van der Waals surface area contributed by atoms with Crippen molar-refractivity contribution in [1.82, 2.24) is 20.4 Å². The third-order valence-corrected chi connectivity index (χ3v) is 6.76. The van der Waals surface area contributed by atoms with Crippen LogP contribution in [-0.4, -0.2) is 57.7 Å². The molecule has 2 aliphatic rings. The van der Waals surface area contributed by atoms with Gasteiger partial charge in [0, 0.05) is 53.4 Å². The maximum absolute atomic E-state index is 13.6. The molecule has 1 amide bonds. The fourth-order valence-corrected chi connectivity index (χ4v) is 5.03. The number of hydrogen-bond acceptors (Lipinski definition) is 7. The van der Waals surface area contributed by atoms with Crippen LogP contribution in [0.1, 0.15) is 58.9 Å². The molecule has 2 atom stereocenters. The van der Waals surface area contributed by atoms with E-state index in [1.807, 2.05) is 45.1 Å². The van der Waals surface area contributed by atoms with Crippen LogP contribution in [0.5, 0.6) is 0 Å². The van der Waals surface area contributed by atoms with Gasteiger partial charge in [0.15, 0.2) is 0 Å². The van der Waals surface area contributed by atoms with Crippen molar-refractivity contribution in [2.24, 2.45) is 4.99 Å². The number of halogens is 1. The molecule has 1 saturated heterocycles. The SMILES string of the molecule is C/C=C1/C=C(c2ccc(-c3noc(C)n3)cc2Cl)C(=O)N(CC)/C1=N/C(C)NC1CCOC(C)(C)C1. The molecule has 0 radical (unpaired) electrons. The second kappa shape index (κ2) is 10.7. The molecule has 9 heteroatoms. The maximum atomic E-state index is 13.6. The van der Waals surface area contributed by atoms with E-state index in [-0.39, 0.29) is 17.7 Å². The minimum atomic E-state index is -0.160. The predicted octanol–water partition coefficient (Wildman–Crippen LogP) is 5.18. The Morgan fingerprint density at radius 2 is 2.17 bits per heavy atom. The number of allylic oxidation sites excluding steroid dienone is 1. The monoisotopic (exact) mass is 511 g/mol. The number of benzene rings is 1. The largest absolute Gasteiger partial charge is 0.375 e. The van der Waals surface area contributed by atoms with Gasteiger partial charge in [-0.2, -0.15) is 4.98 Å². The van der Waals surface area contributed by atoms with E-state index in [2.05, 4.69) is 29.3 Å². The normalized spacial score (nSPS) is 23.3. The van der Waals surface area contributed by atoms with E-state index in [0.29, 0.717) is 46.3 Å². The molecule has 2 aromatic rings. The van der Waals surface area contributed by atoms with E-state index in [0.717, 1.165) is 30.6 Å². The average molecular weight is 512 g/mol. The first-order valence-electron chi connectivity index (χ1n) is 12.4. The van der Waals surface area contributed by atoms with Crippen molar-refractivity contribution in [1.29, 1.82) is 0 Å². The van der Waals surface area contributed by atoms with Gasteiger partial charge in [-0.3, -0.25) is 15.0 Å². The summed E-state index contributed by atoms with van der Waals surface area (Å²) in [4.78, 5) is 24.5. The van der Waals surface area contributed by atoms with E-state index >= 15 is 0 Å². The number of nitrogens with zero attached hydrogens (tertiary/aromatic N) is 4. The Bertz CT molecular complexity index is 1230. The minimum Gasteiger partial charge on any atom is -0.375 e. The lowest BCUT2D eigenvalue weighted by molar-refractivity contribution is -0.121. The summed E-state index contributed by atoms with van der Waals surface area (Å²) in [7, 11) is 0. The zero-order chi connectivity index (χ0) is 26.0. The Morgan fingerprint density at radius 1 is 1.39 bits per heavy atom. The van der Waals surface area contributed by atoms with Gasteiger partial charge in [0.1, 0.15) is 5.84 Å². The van der Waals surface area contributed by atoms with Crippen molar-refractivity contribution >= 4 is 28.9 Å². The molecular weight excluding hydrogens is 478 g/mol. The Morgan fingerprint density at radius 3 is 2.78 bits per heavy atom. The van der Waals surface area contributed by atoms with Crippen LogP contribution in [0.15, 0.2) is 45.4 Å². The number of hydrogen-bond donors (Lipinski definition) is 1. The van der Waals surface area contributed by atoms with Crippen LogP contribution >= 0.6 is 11.6 Å². The van der Waals surface area contributed by atoms with Gasteiger partial charge >= 0.3 is 0 Å². The lowest BCUT2D eigenvalue weighted by Crippen LogP contribution is -2.47. The molecule has 0 saturated carbocycles. The number of nitrogens with one attached hydrogen (secondary N) is 1. The second-order valence-corrected chi connectivity index (χ2v) is 10.2. The van der Waals surface area contributed by atoms with Crippen LogP contribution in [0.4, 0.5) is 0 Å². The van der Waals surface area contributed by atoms with Gasteiger partial charge in [-0.25, -0.2) is 4.99 Å². The number of ether oxygens (including phenoxy) is 1. The number of amides is 1. The van der Waals surface area contributed by atoms with Crippen molar-refractivity contribution in [3.8, 4) is 11.4 Å². The summed E-state index contributed by atoms with van der Waals surface area (Å²) in [5.74, 6) is 1.46. The highest BCUT2D eigenvalue weighted by molar-refractivity contribution is 6.37. The fraction of sp³-hybridized carbons (Fsp3) is 0.481. The number of amidine groups is 1. The smallest absolute Gasteiger partial charge is 0.260 e. The Kier molecular flexibility index (Phi) is 7.78. The Labute approximate surface area is 217 Å². The van der Waals surface area contributed by atoms with E-state index in [9.17, 15) is 4.79 Å². The molecular formula is C27H34ClN5O3. The molecule has 0 aliphatic carbocycles. The first-order valence-corrected chi connectivity index (χ1v) is 12.8. The van der Waals surface area contributed by atoms with Gasteiger partial charge in [-0.05, 0) is 59.6 Å². The summed E-state index contributed by atoms with van der Waals surface area (Å²) in [5, 5.41) is 8.00. The minimum absolute atomic E-state index is 0.133. The molecule has 0 spiro atoms. The molecule has 1 fully saturated rings. The lowest BCUT2D eigenvalue weighted by Gasteiger charge is -2.37. The molecule has 2 aliphatic heterocycles. The molecule has 1 aromatic carbocycles. The van der Waals surface area contributed by atoms with Crippen LogP contribution in [0.25, 0.3) is 17.0 Å². The van der Waals surface area contributed by atoms with Crippen molar-refractivity contribution in [3.63, 3.8) is 0 Å². The molecule has 1 N–H and O–H groups in total. The molecule has 3 heterocycles. The maximum Gasteiger partial charge on any atom is 0.260 e. The summed E-state index contributed by atoms with van der Waals surface area (Å²) >= 11 is 6.65. The summed E-state index contributed by atoms with van der Waals surface area (Å²) in [6, 6.07) is 5.73. The van der Waals surface area contributed by atoms with E-state index in [1.54, 1.807) is 17.9 Å². The standard InChI is InChI=1S/C27H34ClN5O3/c1-7-18-13-22(21-10-9-19(14-23(21)28)24-31-17(4)36-32-24)26(34)33(8-2)25(18)30-16(3)29-20-11-12-35-27(5,6)15-20/h7,9-10,13-14,16,20,29H,8,11-12,15H2,1-6H3/b18-7-,30-25+. The van der Waals surface area contributed by atoms with Gasteiger partial charge in [0.2, 0.25) is 11.7 Å². The number of carbonyl (C=O) groups is 1. The van der Waals surface area contributed by atoms with Crippen molar-refractivity contribution < 1.29 is 14.1 Å². The second-order valence-electron chi connectivity index (χ2n) is 9.78. The van der Waals surface area contributed by atoms with Gasteiger partial charge in [-0.1, -0.05) is 35.0 Å². The predicted molar refractivity (Wildman–Crippen MR) is 142 cm³/mol. The first-order chi connectivity index (χ1) is 17.1. The third kappa shape index (κ3) is 5.61. The summed E-state index contributed by atoms with van der Waals surface area (Å²) in [6.07, 6.45) is 5.54. The molecule has 4 rings (SSSR count). The van der Waals surface area contributed by atoms with Crippen LogP contribution in [0.2, 0.25) is 5.02 Å². The van der Waals surface area contributed by atoms with Gasteiger partial charge in [-0.15, -0.1) is 0 Å². The first kappa shape index (κ1) is 26.3. The van der Waals surface area contributed by atoms with Crippen LogP contribution in [0.3, 0.4) is 0 Å². The van der Waals surface area contributed by atoms with Crippen molar-refractivity contribution in [2.75, 3.05) is 13.2 Å². The highest BCUT2D eigenvalue weighted by atomic mass is 35.5. The van der Waals surface area contributed by atoms with Gasteiger partial charge < -0.3 is 9.26 Å². The van der Waals surface area contributed by atoms with Crippen LogP contribution in [0, 0.1) is 6.92 Å². The molecule has 2 unspecified atom stereocenters. The van der Waals surface area contributed by atoms with E-state index in [4.69, 9.17) is 25.9 Å². The van der Waals surface area contributed by atoms with E-state index < -0.39 is 0 Å². The fourth-order valence-electron chi connectivity index (χ4n) is 4.75. The third-order valence-electron chi connectivity index (χ3n) is 6.45. The number of carbonyl (C=O) groups excluding carboxylic acids is 1. The number of aryl methyl sites for hydroxylation is 1. The zero-order valence-electron chi connectivity index (χ0n) is 21.8. The van der Waals surface area contributed by atoms with E-state index in [1.165, 1.54) is 0 Å². The molecule has 1 aromatic heterocycles. The average Bonchev–Trinajstić information content (AvgIpc) is 3.25. The zero-order valence-corrected chi connectivity index (χ0v) is 22.5. The molecule has 36 heavy (non-hydrogen) atoms. The number of aromatic nitrogens is 2. The highest BCUT2D eigenvalue weighted by Gasteiger charge is 2.32. The van der Waals surface area contributed by atoms with Gasteiger partial charge in [0.25, 0.3) is 5.91 Å². The summed E-state index contributed by atoms with van der Waals surface area (Å²) in [6.45, 7) is 13.1. The van der Waals surface area contributed by atoms with Crippen LogP contribution < -0.4 is 5.32 Å². The van der Waals surface area contributed by atoms with Gasteiger partial charge in [0.05, 0.1) is 11.8 Å². The topological polar surface area (TPSA) is 92.9 Å². The molecule has 8 nitrogen and oxygen atoms in total. The number of likely N-dealkylation sites (N-methyl/N-ethyl adjacent to an activating group) is 1. The van der Waals surface area contributed by atoms with Crippen molar-refractivity contribution in [2.45, 2.75) is 72.2 Å². The number of aliphatic imine (C=N–C) groups is 1. The Balaban J connectivity index is 1.62. The highest BCUT2D eigenvalue weighted by Crippen LogP contribution is 2.33. The van der Waals surface area contributed by atoms with Crippen molar-refractivity contribution in [3.05, 3.63) is 52.4 Å². The Hall–Kier alpha value is -2.81. The molecule has 0 bridgehead atoms. The lowest BCUT2D eigenvalue weighted by atomic mass is 9.94. The quantitative estimate of drug-likeness (QED) is 0.574.